The van der Waals surface area contributed by atoms with E-state index in [-0.39, 0.29) is 17.9 Å². The van der Waals surface area contributed by atoms with Crippen molar-refractivity contribution >= 4 is 16.9 Å². The summed E-state index contributed by atoms with van der Waals surface area (Å²) in [6.07, 6.45) is 0.481. The molecule has 6 nitrogen and oxygen atoms in total. The van der Waals surface area contributed by atoms with E-state index in [1.165, 1.54) is 0 Å². The number of aliphatic hydroxyl groups excluding tert-OH is 1. The van der Waals surface area contributed by atoms with Crippen molar-refractivity contribution in [1.82, 2.24) is 4.90 Å². The normalized spacial score (nSPS) is 17.5. The predicted molar refractivity (Wildman–Crippen MR) is 123 cm³/mol. The molecule has 6 heteroatoms. The lowest BCUT2D eigenvalue weighted by Crippen LogP contribution is -2.36. The van der Waals surface area contributed by atoms with Crippen LogP contribution in [0, 0.1) is 0 Å². The van der Waals surface area contributed by atoms with Crippen LogP contribution in [0.2, 0.25) is 0 Å². The third-order valence-corrected chi connectivity index (χ3v) is 5.69. The van der Waals surface area contributed by atoms with Gasteiger partial charge in [0.05, 0.1) is 11.4 Å². The molecule has 0 radical (unpaired) electrons. The molecule has 1 aromatic heterocycles. The van der Waals surface area contributed by atoms with E-state index in [4.69, 9.17) is 9.15 Å². The van der Waals surface area contributed by atoms with E-state index in [2.05, 4.69) is 0 Å². The fourth-order valence-electron chi connectivity index (χ4n) is 4.36. The van der Waals surface area contributed by atoms with E-state index in [1.54, 1.807) is 24.0 Å². The van der Waals surface area contributed by atoms with Gasteiger partial charge in [-0.2, -0.15) is 0 Å². The first-order chi connectivity index (χ1) is 15.2. The molecule has 1 N–H and O–H groups in total. The van der Waals surface area contributed by atoms with Crippen molar-refractivity contribution in [3.05, 3.63) is 70.3 Å². The zero-order valence-electron chi connectivity index (χ0n) is 18.9. The summed E-state index contributed by atoms with van der Waals surface area (Å²) in [5, 5.41) is 11.5. The van der Waals surface area contributed by atoms with Gasteiger partial charge in [0.2, 0.25) is 0 Å². The van der Waals surface area contributed by atoms with Crippen molar-refractivity contribution in [1.29, 1.82) is 0 Å². The molecule has 3 aromatic rings. The number of amides is 1. The monoisotopic (exact) mass is 435 g/mol. The Morgan fingerprint density at radius 2 is 1.88 bits per heavy atom. The Bertz CT molecular complexity index is 1200. The zero-order valence-corrected chi connectivity index (χ0v) is 18.9. The number of carbonyl (C=O) groups excluding carboxylic acids is 1. The van der Waals surface area contributed by atoms with Crippen molar-refractivity contribution < 1.29 is 19.1 Å². The Labute approximate surface area is 187 Å². The highest BCUT2D eigenvalue weighted by Crippen LogP contribution is 2.38. The van der Waals surface area contributed by atoms with E-state index in [0.29, 0.717) is 17.5 Å². The molecule has 1 saturated heterocycles. The van der Waals surface area contributed by atoms with Crippen LogP contribution in [0.1, 0.15) is 64.0 Å². The van der Waals surface area contributed by atoms with Crippen molar-refractivity contribution in [2.24, 2.45) is 0 Å². The summed E-state index contributed by atoms with van der Waals surface area (Å²) in [7, 11) is 0. The zero-order chi connectivity index (χ0) is 23.0. The number of nitrogens with zero attached hydrogens (tertiary/aromatic N) is 1. The predicted octanol–water partition coefficient (Wildman–Crippen LogP) is 5.59. The summed E-state index contributed by atoms with van der Waals surface area (Å²) < 4.78 is 11.1. The van der Waals surface area contributed by atoms with Crippen LogP contribution in [-0.4, -0.2) is 28.2 Å². The standard InChI is InChI=1S/C26H29NO5/c1-16(28)23-22(19-11-5-6-12-20(19)24(29)31-23)18-10-7-9-17(15-18)21-13-8-14-27(21)25(30)32-26(2,3)4/h5-7,9-12,15-16,21,28H,8,13-14H2,1-4H3/t16?,21-/m1/s1. The Balaban J connectivity index is 1.80. The third-order valence-electron chi connectivity index (χ3n) is 5.69. The van der Waals surface area contributed by atoms with E-state index in [9.17, 15) is 14.7 Å². The second kappa shape index (κ2) is 8.43. The minimum absolute atomic E-state index is 0.0956. The van der Waals surface area contributed by atoms with Gasteiger partial charge >= 0.3 is 11.7 Å². The van der Waals surface area contributed by atoms with Crippen LogP contribution < -0.4 is 5.63 Å². The smallest absolute Gasteiger partial charge is 0.410 e. The maximum Gasteiger partial charge on any atom is 0.410 e. The molecule has 0 saturated carbocycles. The number of aliphatic hydroxyl groups is 1. The number of rotatable bonds is 3. The molecule has 32 heavy (non-hydrogen) atoms. The van der Waals surface area contributed by atoms with Gasteiger partial charge in [0.15, 0.2) is 0 Å². The van der Waals surface area contributed by atoms with E-state index < -0.39 is 17.3 Å². The molecule has 168 valence electrons. The van der Waals surface area contributed by atoms with Gasteiger partial charge in [-0.15, -0.1) is 0 Å². The first kappa shape index (κ1) is 22.1. The minimum atomic E-state index is -0.948. The van der Waals surface area contributed by atoms with E-state index >= 15 is 0 Å². The van der Waals surface area contributed by atoms with Gasteiger partial charge in [-0.05, 0) is 63.8 Å². The number of carbonyl (C=O) groups is 1. The van der Waals surface area contributed by atoms with Gasteiger partial charge in [0.25, 0.3) is 0 Å². The van der Waals surface area contributed by atoms with Gasteiger partial charge < -0.3 is 19.2 Å². The topological polar surface area (TPSA) is 80.0 Å². The molecule has 2 heterocycles. The Morgan fingerprint density at radius 1 is 1.16 bits per heavy atom. The average Bonchev–Trinajstić information content (AvgIpc) is 3.23. The fourth-order valence-corrected chi connectivity index (χ4v) is 4.36. The lowest BCUT2D eigenvalue weighted by atomic mass is 9.93. The minimum Gasteiger partial charge on any atom is -0.444 e. The van der Waals surface area contributed by atoms with Crippen molar-refractivity contribution in [3.63, 3.8) is 0 Å². The van der Waals surface area contributed by atoms with Crippen LogP contribution in [-0.2, 0) is 4.74 Å². The Morgan fingerprint density at radius 3 is 2.56 bits per heavy atom. The Hall–Kier alpha value is -3.12. The van der Waals surface area contributed by atoms with Crippen LogP contribution in [0.3, 0.4) is 0 Å². The molecule has 2 atom stereocenters. The van der Waals surface area contributed by atoms with E-state index in [0.717, 1.165) is 29.4 Å². The first-order valence-electron chi connectivity index (χ1n) is 11.0. The number of ether oxygens (including phenoxy) is 1. The fraction of sp³-hybridized carbons (Fsp3) is 0.385. The molecule has 2 aromatic carbocycles. The maximum absolute atomic E-state index is 12.8. The number of benzene rings is 2. The second-order valence-electron chi connectivity index (χ2n) is 9.31. The highest BCUT2D eigenvalue weighted by atomic mass is 16.6. The lowest BCUT2D eigenvalue weighted by molar-refractivity contribution is 0.0224. The summed E-state index contributed by atoms with van der Waals surface area (Å²) >= 11 is 0. The van der Waals surface area contributed by atoms with E-state index in [1.807, 2.05) is 57.2 Å². The highest BCUT2D eigenvalue weighted by molar-refractivity contribution is 5.96. The van der Waals surface area contributed by atoms with Gasteiger partial charge in [0, 0.05) is 17.5 Å². The van der Waals surface area contributed by atoms with Crippen LogP contribution in [0.5, 0.6) is 0 Å². The number of hydrogen-bond donors (Lipinski definition) is 1. The summed E-state index contributed by atoms with van der Waals surface area (Å²) in [4.78, 5) is 27.0. The van der Waals surface area contributed by atoms with Crippen LogP contribution in [0.25, 0.3) is 21.9 Å². The largest absolute Gasteiger partial charge is 0.444 e. The molecule has 0 bridgehead atoms. The molecule has 0 aliphatic carbocycles. The highest BCUT2D eigenvalue weighted by Gasteiger charge is 2.33. The summed E-state index contributed by atoms with van der Waals surface area (Å²) in [5.74, 6) is 0.237. The first-order valence-corrected chi connectivity index (χ1v) is 11.0. The quantitative estimate of drug-likeness (QED) is 0.580. The van der Waals surface area contributed by atoms with Crippen LogP contribution >= 0.6 is 0 Å². The average molecular weight is 436 g/mol. The third kappa shape index (κ3) is 4.28. The second-order valence-corrected chi connectivity index (χ2v) is 9.31. The summed E-state index contributed by atoms with van der Waals surface area (Å²) in [5.41, 5.74) is 1.48. The molecule has 0 spiro atoms. The van der Waals surface area contributed by atoms with Crippen molar-refractivity contribution in [3.8, 4) is 11.1 Å². The molecular weight excluding hydrogens is 406 g/mol. The molecule has 1 fully saturated rings. The number of likely N-dealkylation sites (tertiary alicyclic amines) is 1. The van der Waals surface area contributed by atoms with Gasteiger partial charge in [-0.3, -0.25) is 0 Å². The SMILES string of the molecule is CC(O)c1oc(=O)c2ccccc2c1-c1cccc([C@H]2CCCN2C(=O)OC(C)(C)C)c1. The van der Waals surface area contributed by atoms with Crippen LogP contribution in [0.4, 0.5) is 4.79 Å². The molecule has 4 rings (SSSR count). The molecule has 1 aliphatic rings. The maximum atomic E-state index is 12.8. The van der Waals surface area contributed by atoms with Gasteiger partial charge in [0.1, 0.15) is 17.5 Å². The van der Waals surface area contributed by atoms with Crippen molar-refractivity contribution in [2.75, 3.05) is 6.54 Å². The number of hydrogen-bond acceptors (Lipinski definition) is 5. The molecular formula is C26H29NO5. The van der Waals surface area contributed by atoms with Crippen molar-refractivity contribution in [2.45, 2.75) is 58.3 Å². The Kier molecular flexibility index (Phi) is 5.82. The summed E-state index contributed by atoms with van der Waals surface area (Å²) in [6, 6.07) is 15.0. The van der Waals surface area contributed by atoms with Gasteiger partial charge in [-0.25, -0.2) is 9.59 Å². The van der Waals surface area contributed by atoms with Crippen LogP contribution in [0.15, 0.2) is 57.7 Å². The van der Waals surface area contributed by atoms with Gasteiger partial charge in [-0.1, -0.05) is 36.4 Å². The summed E-state index contributed by atoms with van der Waals surface area (Å²) in [6.45, 7) is 7.82. The molecule has 1 aliphatic heterocycles. The number of fused-ring (bicyclic) bond motifs is 1. The molecule has 1 unspecified atom stereocenters. The molecule has 1 amide bonds. The lowest BCUT2D eigenvalue weighted by Gasteiger charge is -2.29.